The second-order valence-electron chi connectivity index (χ2n) is 6.97. The molecule has 0 amide bonds. The minimum Gasteiger partial charge on any atom is -0.294 e. The molecule has 2 aromatic heterocycles. The predicted molar refractivity (Wildman–Crippen MR) is 105 cm³/mol. The van der Waals surface area contributed by atoms with Crippen molar-refractivity contribution in [3.8, 4) is 0 Å². The summed E-state index contributed by atoms with van der Waals surface area (Å²) in [5.74, 6) is 0. The average Bonchev–Trinajstić information content (AvgIpc) is 2.65. The summed E-state index contributed by atoms with van der Waals surface area (Å²) in [6, 6.07) is 16.3. The van der Waals surface area contributed by atoms with Gasteiger partial charge in [-0.05, 0) is 43.5 Å². The van der Waals surface area contributed by atoms with Crippen LogP contribution in [0, 0.1) is 0 Å². The Labute approximate surface area is 158 Å². The van der Waals surface area contributed by atoms with E-state index in [1.54, 1.807) is 24.4 Å². The Balaban J connectivity index is 1.57. The zero-order valence-electron chi connectivity index (χ0n) is 14.6. The van der Waals surface area contributed by atoms with Crippen LogP contribution in [0.15, 0.2) is 59.5 Å². The first-order chi connectivity index (χ1) is 12.7. The molecule has 1 atom stereocenters. The molecule has 1 fully saturated rings. The average molecular weight is 368 g/mol. The summed E-state index contributed by atoms with van der Waals surface area (Å²) < 4.78 is 1.50. The van der Waals surface area contributed by atoms with Gasteiger partial charge in [-0.3, -0.25) is 14.1 Å². The fourth-order valence-electron chi connectivity index (χ4n) is 3.80. The van der Waals surface area contributed by atoms with Crippen LogP contribution >= 0.6 is 11.6 Å². The molecule has 0 N–H and O–H groups in total. The normalized spacial score (nSPS) is 18.3. The van der Waals surface area contributed by atoms with E-state index in [-0.39, 0.29) is 5.56 Å². The number of hydrogen-bond donors (Lipinski definition) is 0. The van der Waals surface area contributed by atoms with Crippen LogP contribution < -0.4 is 5.56 Å². The molecule has 3 heterocycles. The summed E-state index contributed by atoms with van der Waals surface area (Å²) in [4.78, 5) is 19.6. The van der Waals surface area contributed by atoms with Crippen LogP contribution in [0.25, 0.3) is 5.65 Å². The van der Waals surface area contributed by atoms with Crippen LogP contribution in [0.5, 0.6) is 0 Å². The lowest BCUT2D eigenvalue weighted by Gasteiger charge is -2.35. The molecule has 0 aliphatic carbocycles. The third-order valence-electron chi connectivity index (χ3n) is 5.10. The van der Waals surface area contributed by atoms with E-state index < -0.39 is 0 Å². The quantitative estimate of drug-likeness (QED) is 0.700. The maximum absolute atomic E-state index is 12.4. The highest BCUT2D eigenvalue weighted by molar-refractivity contribution is 6.30. The van der Waals surface area contributed by atoms with Gasteiger partial charge in [0.05, 0.1) is 10.7 Å². The van der Waals surface area contributed by atoms with Gasteiger partial charge in [-0.1, -0.05) is 48.4 Å². The van der Waals surface area contributed by atoms with Crippen LogP contribution in [0.3, 0.4) is 0 Å². The zero-order chi connectivity index (χ0) is 17.9. The number of halogens is 1. The number of piperidine rings is 1. The number of hydrogen-bond acceptors (Lipinski definition) is 3. The van der Waals surface area contributed by atoms with Gasteiger partial charge in [-0.25, -0.2) is 4.98 Å². The molecule has 0 spiro atoms. The lowest BCUT2D eigenvalue weighted by molar-refractivity contribution is 0.137. The van der Waals surface area contributed by atoms with Crippen molar-refractivity contribution in [2.75, 3.05) is 6.54 Å². The second kappa shape index (κ2) is 7.60. The van der Waals surface area contributed by atoms with E-state index >= 15 is 0 Å². The van der Waals surface area contributed by atoms with Crippen molar-refractivity contribution >= 4 is 17.2 Å². The molecular formula is C21H22ClN3O. The lowest BCUT2D eigenvalue weighted by atomic mass is 9.95. The Hall–Kier alpha value is -2.17. The van der Waals surface area contributed by atoms with Crippen LogP contribution in [-0.4, -0.2) is 26.9 Å². The Morgan fingerprint density at radius 2 is 1.96 bits per heavy atom. The largest absolute Gasteiger partial charge is 0.294 e. The second-order valence-corrected chi connectivity index (χ2v) is 7.41. The molecule has 134 valence electrons. The first-order valence-electron chi connectivity index (χ1n) is 9.15. The van der Waals surface area contributed by atoms with Crippen molar-refractivity contribution < 1.29 is 0 Å². The molecule has 1 aliphatic rings. The number of likely N-dealkylation sites (tertiary alicyclic amines) is 1. The van der Waals surface area contributed by atoms with Crippen molar-refractivity contribution in [3.63, 3.8) is 0 Å². The van der Waals surface area contributed by atoms with E-state index in [4.69, 9.17) is 11.6 Å². The third-order valence-corrected chi connectivity index (χ3v) is 5.33. The van der Waals surface area contributed by atoms with E-state index in [0.29, 0.717) is 23.3 Å². The SMILES string of the molecule is O=c1cc(CN2CCCCC2Cc2ccccc2)nc2ccc(Cl)cn12. The van der Waals surface area contributed by atoms with Crippen LogP contribution in [-0.2, 0) is 13.0 Å². The minimum absolute atomic E-state index is 0.0795. The Morgan fingerprint density at radius 3 is 2.81 bits per heavy atom. The van der Waals surface area contributed by atoms with Gasteiger partial charge in [0.25, 0.3) is 5.56 Å². The zero-order valence-corrected chi connectivity index (χ0v) is 15.4. The van der Waals surface area contributed by atoms with Crippen LogP contribution in [0.1, 0.15) is 30.5 Å². The van der Waals surface area contributed by atoms with Crippen molar-refractivity contribution in [1.82, 2.24) is 14.3 Å². The van der Waals surface area contributed by atoms with Gasteiger partial charge in [-0.15, -0.1) is 0 Å². The molecule has 0 bridgehead atoms. The molecule has 3 aromatic rings. The summed E-state index contributed by atoms with van der Waals surface area (Å²) in [6.07, 6.45) is 6.32. The smallest absolute Gasteiger partial charge is 0.258 e. The summed E-state index contributed by atoms with van der Waals surface area (Å²) in [5.41, 5.74) is 2.76. The number of aromatic nitrogens is 2. The first kappa shape index (κ1) is 17.3. The molecule has 0 saturated carbocycles. The maximum atomic E-state index is 12.4. The van der Waals surface area contributed by atoms with Crippen LogP contribution in [0.4, 0.5) is 0 Å². The first-order valence-corrected chi connectivity index (χ1v) is 9.53. The van der Waals surface area contributed by atoms with Crippen molar-refractivity contribution in [2.24, 2.45) is 0 Å². The predicted octanol–water partition coefficient (Wildman–Crippen LogP) is 3.95. The molecule has 1 aromatic carbocycles. The van der Waals surface area contributed by atoms with E-state index in [1.807, 2.05) is 0 Å². The molecule has 4 nitrogen and oxygen atoms in total. The third kappa shape index (κ3) is 3.81. The molecule has 1 saturated heterocycles. The Bertz CT molecular complexity index is 954. The molecular weight excluding hydrogens is 346 g/mol. The number of nitrogens with zero attached hydrogens (tertiary/aromatic N) is 3. The number of benzene rings is 1. The highest BCUT2D eigenvalue weighted by Gasteiger charge is 2.23. The molecule has 4 rings (SSSR count). The van der Waals surface area contributed by atoms with Gasteiger partial charge >= 0.3 is 0 Å². The molecule has 5 heteroatoms. The summed E-state index contributed by atoms with van der Waals surface area (Å²) in [5, 5.41) is 0.535. The number of fused-ring (bicyclic) bond motifs is 1. The molecule has 26 heavy (non-hydrogen) atoms. The van der Waals surface area contributed by atoms with E-state index in [9.17, 15) is 4.79 Å². The van der Waals surface area contributed by atoms with Gasteiger partial charge in [0, 0.05) is 24.8 Å². The van der Waals surface area contributed by atoms with E-state index in [0.717, 1.165) is 18.7 Å². The standard InChI is InChI=1S/C21H22ClN3O/c22-17-9-10-20-23-18(13-21(26)25(20)14-17)15-24-11-5-4-8-19(24)12-16-6-2-1-3-7-16/h1-3,6-7,9-10,13-14,19H,4-5,8,11-12,15H2. The summed E-state index contributed by atoms with van der Waals surface area (Å²) in [7, 11) is 0. The van der Waals surface area contributed by atoms with Crippen molar-refractivity contribution in [2.45, 2.75) is 38.3 Å². The monoisotopic (exact) mass is 367 g/mol. The van der Waals surface area contributed by atoms with Gasteiger partial charge in [0.1, 0.15) is 5.65 Å². The highest BCUT2D eigenvalue weighted by atomic mass is 35.5. The van der Waals surface area contributed by atoms with Crippen LogP contribution in [0.2, 0.25) is 5.02 Å². The highest BCUT2D eigenvalue weighted by Crippen LogP contribution is 2.22. The van der Waals surface area contributed by atoms with Gasteiger partial charge < -0.3 is 0 Å². The Kier molecular flexibility index (Phi) is 5.05. The van der Waals surface area contributed by atoms with Gasteiger partial charge in [-0.2, -0.15) is 0 Å². The summed E-state index contributed by atoms with van der Waals surface area (Å²) in [6.45, 7) is 1.77. The van der Waals surface area contributed by atoms with E-state index in [2.05, 4.69) is 40.2 Å². The van der Waals surface area contributed by atoms with Gasteiger partial charge in [0.2, 0.25) is 0 Å². The Morgan fingerprint density at radius 1 is 1.12 bits per heavy atom. The number of pyridine rings is 1. The van der Waals surface area contributed by atoms with Crippen molar-refractivity contribution in [3.05, 3.63) is 81.4 Å². The molecule has 0 radical (unpaired) electrons. The number of rotatable bonds is 4. The van der Waals surface area contributed by atoms with Crippen molar-refractivity contribution in [1.29, 1.82) is 0 Å². The minimum atomic E-state index is -0.0795. The fourth-order valence-corrected chi connectivity index (χ4v) is 3.96. The topological polar surface area (TPSA) is 37.6 Å². The molecule has 1 aliphatic heterocycles. The fraction of sp³-hybridized carbons (Fsp3) is 0.333. The summed E-state index contributed by atoms with van der Waals surface area (Å²) >= 11 is 5.99. The lowest BCUT2D eigenvalue weighted by Crippen LogP contribution is -2.40. The maximum Gasteiger partial charge on any atom is 0.258 e. The van der Waals surface area contributed by atoms with Gasteiger partial charge in [0.15, 0.2) is 0 Å². The van der Waals surface area contributed by atoms with E-state index in [1.165, 1.54) is 29.2 Å². The molecule has 1 unspecified atom stereocenters.